The Hall–Kier alpha value is -2.69. The first-order valence-electron chi connectivity index (χ1n) is 7.62. The van der Waals surface area contributed by atoms with E-state index in [1.54, 1.807) is 6.21 Å². The second kappa shape index (κ2) is 8.08. The highest BCUT2D eigenvalue weighted by atomic mass is 16.2. The zero-order valence-electron chi connectivity index (χ0n) is 13.4. The van der Waals surface area contributed by atoms with E-state index < -0.39 is 5.91 Å². The lowest BCUT2D eigenvalue weighted by molar-refractivity contribution is -0.129. The van der Waals surface area contributed by atoms with Crippen molar-refractivity contribution in [2.45, 2.75) is 20.3 Å². The molecule has 0 saturated carbocycles. The minimum atomic E-state index is -0.428. The normalized spacial score (nSPS) is 11.1. The predicted molar refractivity (Wildman–Crippen MR) is 92.1 cm³/mol. The molecule has 23 heavy (non-hydrogen) atoms. The molecule has 2 aromatic carbocycles. The summed E-state index contributed by atoms with van der Waals surface area (Å²) in [5.74, 6) is -0.370. The van der Waals surface area contributed by atoms with E-state index in [1.165, 1.54) is 0 Å². The van der Waals surface area contributed by atoms with Gasteiger partial charge in [-0.1, -0.05) is 56.3 Å². The molecule has 0 heterocycles. The van der Waals surface area contributed by atoms with E-state index in [2.05, 4.69) is 15.8 Å². The van der Waals surface area contributed by atoms with Gasteiger partial charge in [0.25, 0.3) is 0 Å². The zero-order valence-corrected chi connectivity index (χ0v) is 13.4. The molecule has 0 bridgehead atoms. The van der Waals surface area contributed by atoms with Gasteiger partial charge in [0.2, 0.25) is 11.8 Å². The largest absolute Gasteiger partial charge is 0.355 e. The molecule has 0 aliphatic rings. The summed E-state index contributed by atoms with van der Waals surface area (Å²) >= 11 is 0. The van der Waals surface area contributed by atoms with Crippen LogP contribution in [0.4, 0.5) is 0 Å². The number of rotatable bonds is 6. The Morgan fingerprint density at radius 3 is 2.61 bits per heavy atom. The van der Waals surface area contributed by atoms with Crippen molar-refractivity contribution in [2.24, 2.45) is 11.0 Å². The maximum atomic E-state index is 11.7. The number of carbonyl (C=O) groups is 2. The maximum absolute atomic E-state index is 11.7. The maximum Gasteiger partial charge on any atom is 0.249 e. The standard InChI is InChI=1S/C18H21N3O2/c1-13(2)11-19-17(22)10-18(23)21-20-12-15-8-5-7-14-6-3-4-9-16(14)15/h3-9,12-13H,10-11H2,1-2H3,(H,19,22)(H,21,23). The molecule has 0 saturated heterocycles. The number of nitrogens with zero attached hydrogens (tertiary/aromatic N) is 1. The number of hydrogen-bond acceptors (Lipinski definition) is 3. The van der Waals surface area contributed by atoms with Gasteiger partial charge in [-0.25, -0.2) is 5.43 Å². The van der Waals surface area contributed by atoms with Crippen LogP contribution in [0.25, 0.3) is 10.8 Å². The Morgan fingerprint density at radius 1 is 1.09 bits per heavy atom. The van der Waals surface area contributed by atoms with E-state index in [0.29, 0.717) is 12.5 Å². The third-order valence-corrected chi connectivity index (χ3v) is 3.24. The van der Waals surface area contributed by atoms with Gasteiger partial charge in [-0.15, -0.1) is 0 Å². The summed E-state index contributed by atoms with van der Waals surface area (Å²) in [7, 11) is 0. The van der Waals surface area contributed by atoms with Gasteiger partial charge in [-0.2, -0.15) is 5.10 Å². The second-order valence-corrected chi connectivity index (χ2v) is 5.74. The topological polar surface area (TPSA) is 70.6 Å². The highest BCUT2D eigenvalue weighted by molar-refractivity contribution is 6.00. The lowest BCUT2D eigenvalue weighted by atomic mass is 10.1. The number of carbonyl (C=O) groups excluding carboxylic acids is 2. The van der Waals surface area contributed by atoms with E-state index in [-0.39, 0.29) is 12.3 Å². The van der Waals surface area contributed by atoms with Crippen LogP contribution < -0.4 is 10.7 Å². The first-order valence-corrected chi connectivity index (χ1v) is 7.62. The van der Waals surface area contributed by atoms with Crippen molar-refractivity contribution in [1.29, 1.82) is 0 Å². The Bertz CT molecular complexity index is 718. The molecule has 0 fully saturated rings. The molecule has 2 aromatic rings. The molecule has 0 spiro atoms. The molecule has 2 N–H and O–H groups in total. The molecule has 0 radical (unpaired) electrons. The van der Waals surface area contributed by atoms with Gasteiger partial charge in [0.1, 0.15) is 6.42 Å². The average molecular weight is 311 g/mol. The molecule has 0 aliphatic heterocycles. The Labute approximate surface area is 135 Å². The molecule has 120 valence electrons. The van der Waals surface area contributed by atoms with E-state index in [9.17, 15) is 9.59 Å². The van der Waals surface area contributed by atoms with E-state index in [1.807, 2.05) is 56.3 Å². The first kappa shape index (κ1) is 16.7. The van der Waals surface area contributed by atoms with Crippen molar-refractivity contribution in [3.63, 3.8) is 0 Å². The van der Waals surface area contributed by atoms with Crippen molar-refractivity contribution < 1.29 is 9.59 Å². The van der Waals surface area contributed by atoms with Gasteiger partial charge in [0.05, 0.1) is 6.21 Å². The fourth-order valence-corrected chi connectivity index (χ4v) is 2.10. The first-order chi connectivity index (χ1) is 11.1. The summed E-state index contributed by atoms with van der Waals surface area (Å²) in [4.78, 5) is 23.2. The van der Waals surface area contributed by atoms with Gasteiger partial charge >= 0.3 is 0 Å². The molecule has 0 unspecified atom stereocenters. The van der Waals surface area contributed by atoms with Gasteiger partial charge in [0.15, 0.2) is 0 Å². The van der Waals surface area contributed by atoms with Gasteiger partial charge in [0, 0.05) is 12.1 Å². The molecule has 5 heteroatoms. The van der Waals surface area contributed by atoms with Crippen LogP contribution in [0.3, 0.4) is 0 Å². The highest BCUT2D eigenvalue weighted by Crippen LogP contribution is 2.16. The second-order valence-electron chi connectivity index (χ2n) is 5.74. The fraction of sp³-hybridized carbons (Fsp3) is 0.278. The lowest BCUT2D eigenvalue weighted by Crippen LogP contribution is -2.32. The SMILES string of the molecule is CC(C)CNC(=O)CC(=O)NN=Cc1cccc2ccccc12. The van der Waals surface area contributed by atoms with Crippen molar-refractivity contribution >= 4 is 28.8 Å². The third-order valence-electron chi connectivity index (χ3n) is 3.24. The number of nitrogens with one attached hydrogen (secondary N) is 2. The van der Waals surface area contributed by atoms with Crippen LogP contribution in [0.15, 0.2) is 47.6 Å². The predicted octanol–water partition coefficient (Wildman–Crippen LogP) is 2.45. The van der Waals surface area contributed by atoms with Gasteiger partial charge < -0.3 is 5.32 Å². The van der Waals surface area contributed by atoms with Crippen LogP contribution in [-0.2, 0) is 9.59 Å². The number of benzene rings is 2. The fourth-order valence-electron chi connectivity index (χ4n) is 2.10. The number of hydrazone groups is 1. The minimum Gasteiger partial charge on any atom is -0.355 e. The van der Waals surface area contributed by atoms with Crippen LogP contribution >= 0.6 is 0 Å². The van der Waals surface area contributed by atoms with Gasteiger partial charge in [-0.05, 0) is 16.7 Å². The summed E-state index contributed by atoms with van der Waals surface area (Å²) in [6.07, 6.45) is 1.37. The van der Waals surface area contributed by atoms with Crippen LogP contribution in [0, 0.1) is 5.92 Å². The Balaban J connectivity index is 1.90. The van der Waals surface area contributed by atoms with E-state index in [4.69, 9.17) is 0 Å². The molecule has 2 amide bonds. The Kier molecular flexibility index (Phi) is 5.86. The van der Waals surface area contributed by atoms with E-state index in [0.717, 1.165) is 16.3 Å². The monoisotopic (exact) mass is 311 g/mol. The highest BCUT2D eigenvalue weighted by Gasteiger charge is 2.08. The molecule has 0 atom stereocenters. The summed E-state index contributed by atoms with van der Waals surface area (Å²) < 4.78 is 0. The average Bonchev–Trinajstić information content (AvgIpc) is 2.53. The number of hydrogen-bond donors (Lipinski definition) is 2. The molecular weight excluding hydrogens is 290 g/mol. The van der Waals surface area contributed by atoms with Crippen LogP contribution in [0.1, 0.15) is 25.8 Å². The summed E-state index contributed by atoms with van der Waals surface area (Å²) in [6.45, 7) is 4.55. The molecule has 5 nitrogen and oxygen atoms in total. The molecule has 0 aliphatic carbocycles. The zero-order chi connectivity index (χ0) is 16.7. The van der Waals surface area contributed by atoms with Crippen LogP contribution in [-0.4, -0.2) is 24.6 Å². The lowest BCUT2D eigenvalue weighted by Gasteiger charge is -2.06. The van der Waals surface area contributed by atoms with E-state index >= 15 is 0 Å². The van der Waals surface area contributed by atoms with Crippen LogP contribution in [0.2, 0.25) is 0 Å². The summed E-state index contributed by atoms with van der Waals surface area (Å²) in [5, 5.41) is 8.79. The summed E-state index contributed by atoms with van der Waals surface area (Å²) in [6, 6.07) is 13.8. The Morgan fingerprint density at radius 2 is 1.83 bits per heavy atom. The van der Waals surface area contributed by atoms with Crippen LogP contribution in [0.5, 0.6) is 0 Å². The van der Waals surface area contributed by atoms with Crippen molar-refractivity contribution in [3.05, 3.63) is 48.0 Å². The van der Waals surface area contributed by atoms with Gasteiger partial charge in [-0.3, -0.25) is 9.59 Å². The minimum absolute atomic E-state index is 0.223. The van der Waals surface area contributed by atoms with Crippen molar-refractivity contribution in [2.75, 3.05) is 6.54 Å². The molecule has 0 aromatic heterocycles. The summed E-state index contributed by atoms with van der Waals surface area (Å²) in [5.41, 5.74) is 3.29. The number of amides is 2. The van der Waals surface area contributed by atoms with Crippen molar-refractivity contribution in [1.82, 2.24) is 10.7 Å². The van der Waals surface area contributed by atoms with Crippen molar-refractivity contribution in [3.8, 4) is 0 Å². The molecule has 2 rings (SSSR count). The number of fused-ring (bicyclic) bond motifs is 1. The quantitative estimate of drug-likeness (QED) is 0.489. The molecular formula is C18H21N3O2. The third kappa shape index (κ3) is 5.21. The smallest absolute Gasteiger partial charge is 0.249 e.